The number of carbonyl (C=O) groups excluding carboxylic acids is 1. The van der Waals surface area contributed by atoms with E-state index < -0.39 is 0 Å². The molecule has 2 aromatic rings. The molecule has 0 saturated carbocycles. The van der Waals surface area contributed by atoms with Crippen molar-refractivity contribution < 1.29 is 14.3 Å². The summed E-state index contributed by atoms with van der Waals surface area (Å²) in [5, 5.41) is 14.6. The second-order valence-electron chi connectivity index (χ2n) is 3.75. The van der Waals surface area contributed by atoms with Crippen LogP contribution in [-0.2, 0) is 13.1 Å². The second kappa shape index (κ2) is 3.55. The molecule has 3 heterocycles. The molecule has 0 radical (unpaired) electrons. The SMILES string of the molecule is O=C1c2no[n+]([O-])c2CN1Cc1cccnc1. The van der Waals surface area contributed by atoms with Gasteiger partial charge in [-0.05, 0) is 16.5 Å². The number of pyridine rings is 1. The molecule has 0 fully saturated rings. The zero-order chi connectivity index (χ0) is 11.8. The first-order valence-corrected chi connectivity index (χ1v) is 5.02. The Morgan fingerprint density at radius 3 is 3.18 bits per heavy atom. The van der Waals surface area contributed by atoms with E-state index in [0.29, 0.717) is 6.54 Å². The van der Waals surface area contributed by atoms with Gasteiger partial charge in [0.15, 0.2) is 0 Å². The summed E-state index contributed by atoms with van der Waals surface area (Å²) in [6.45, 7) is 0.624. The summed E-state index contributed by atoms with van der Waals surface area (Å²) in [4.78, 5) is 17.6. The Hall–Kier alpha value is -2.44. The lowest BCUT2D eigenvalue weighted by Gasteiger charge is -2.13. The molecule has 0 aliphatic carbocycles. The Labute approximate surface area is 95.8 Å². The van der Waals surface area contributed by atoms with E-state index in [0.717, 1.165) is 5.56 Å². The van der Waals surface area contributed by atoms with E-state index >= 15 is 0 Å². The molecule has 1 aliphatic rings. The predicted octanol–water partition coefficient (Wildman–Crippen LogP) is -0.141. The van der Waals surface area contributed by atoms with E-state index in [1.165, 1.54) is 4.90 Å². The number of amides is 1. The molecular weight excluding hydrogens is 224 g/mol. The first kappa shape index (κ1) is 9.76. The molecule has 2 aromatic heterocycles. The van der Waals surface area contributed by atoms with Gasteiger partial charge in [0, 0.05) is 18.9 Å². The fraction of sp³-hybridized carbons (Fsp3) is 0.200. The Morgan fingerprint density at radius 2 is 2.47 bits per heavy atom. The van der Waals surface area contributed by atoms with Crippen LogP contribution in [0.5, 0.6) is 0 Å². The van der Waals surface area contributed by atoms with Gasteiger partial charge in [0.1, 0.15) is 0 Å². The molecule has 86 valence electrons. The van der Waals surface area contributed by atoms with Crippen molar-refractivity contribution in [1.82, 2.24) is 15.0 Å². The number of hydrogen-bond acceptors (Lipinski definition) is 5. The van der Waals surface area contributed by atoms with Crippen molar-refractivity contribution in [3.63, 3.8) is 0 Å². The Balaban J connectivity index is 1.83. The standard InChI is InChI=1S/C10H8N4O3/c15-10-9-8(14(16)17-12-9)6-13(10)5-7-2-1-3-11-4-7/h1-4H,5-6H2. The van der Waals surface area contributed by atoms with Crippen LogP contribution in [0.4, 0.5) is 0 Å². The summed E-state index contributed by atoms with van der Waals surface area (Å²) in [7, 11) is 0. The summed E-state index contributed by atoms with van der Waals surface area (Å²) < 4.78 is 4.36. The maximum Gasteiger partial charge on any atom is 0.310 e. The largest absolute Gasteiger partial charge is 0.359 e. The fourth-order valence-corrected chi connectivity index (χ4v) is 1.80. The Morgan fingerprint density at radius 1 is 1.59 bits per heavy atom. The monoisotopic (exact) mass is 232 g/mol. The van der Waals surface area contributed by atoms with Crippen LogP contribution in [0.25, 0.3) is 0 Å². The van der Waals surface area contributed by atoms with Crippen molar-refractivity contribution in [1.29, 1.82) is 0 Å². The smallest absolute Gasteiger partial charge is 0.310 e. The minimum Gasteiger partial charge on any atom is -0.359 e. The van der Waals surface area contributed by atoms with Gasteiger partial charge in [0.2, 0.25) is 5.69 Å². The molecule has 0 bridgehead atoms. The van der Waals surface area contributed by atoms with E-state index in [9.17, 15) is 10.0 Å². The number of carbonyl (C=O) groups is 1. The quantitative estimate of drug-likeness (QED) is 0.672. The third-order valence-corrected chi connectivity index (χ3v) is 2.63. The Bertz CT molecular complexity index is 566. The van der Waals surface area contributed by atoms with Crippen LogP contribution >= 0.6 is 0 Å². The van der Waals surface area contributed by atoms with Crippen LogP contribution in [0.1, 0.15) is 21.7 Å². The van der Waals surface area contributed by atoms with Crippen LogP contribution in [0.15, 0.2) is 29.2 Å². The van der Waals surface area contributed by atoms with E-state index in [-0.39, 0.29) is 28.7 Å². The minimum atomic E-state index is -0.290. The van der Waals surface area contributed by atoms with Crippen LogP contribution in [0, 0.1) is 5.21 Å². The van der Waals surface area contributed by atoms with Crippen molar-refractivity contribution in [3.05, 3.63) is 46.7 Å². The topological polar surface area (TPSA) is 86.2 Å². The average molecular weight is 232 g/mol. The number of fused-ring (bicyclic) bond motifs is 1. The van der Waals surface area contributed by atoms with Crippen molar-refractivity contribution in [2.24, 2.45) is 0 Å². The van der Waals surface area contributed by atoms with E-state index in [2.05, 4.69) is 14.8 Å². The second-order valence-corrected chi connectivity index (χ2v) is 3.75. The lowest BCUT2D eigenvalue weighted by atomic mass is 10.3. The summed E-state index contributed by atoms with van der Waals surface area (Å²) in [5.41, 5.74) is 1.27. The number of nitrogens with zero attached hydrogens (tertiary/aromatic N) is 4. The number of aromatic nitrogens is 3. The molecule has 7 heteroatoms. The number of hydrogen-bond donors (Lipinski definition) is 0. The molecule has 1 amide bonds. The van der Waals surface area contributed by atoms with Crippen molar-refractivity contribution in [2.75, 3.05) is 0 Å². The van der Waals surface area contributed by atoms with E-state index in [1.807, 2.05) is 6.07 Å². The summed E-state index contributed by atoms with van der Waals surface area (Å²) in [5.74, 6) is -0.290. The zero-order valence-corrected chi connectivity index (χ0v) is 8.74. The molecule has 0 atom stereocenters. The maximum absolute atomic E-state index is 11.8. The Kier molecular flexibility index (Phi) is 2.04. The molecular formula is C10H8N4O3. The molecule has 17 heavy (non-hydrogen) atoms. The van der Waals surface area contributed by atoms with Crippen molar-refractivity contribution in [2.45, 2.75) is 13.1 Å². The lowest BCUT2D eigenvalue weighted by Crippen LogP contribution is -2.30. The summed E-state index contributed by atoms with van der Waals surface area (Å²) in [6, 6.07) is 3.66. The number of rotatable bonds is 2. The van der Waals surface area contributed by atoms with Gasteiger partial charge in [-0.15, -0.1) is 0 Å². The van der Waals surface area contributed by atoms with E-state index in [1.54, 1.807) is 18.5 Å². The van der Waals surface area contributed by atoms with Gasteiger partial charge in [-0.3, -0.25) is 14.4 Å². The van der Waals surface area contributed by atoms with Gasteiger partial charge < -0.3 is 10.1 Å². The highest BCUT2D eigenvalue weighted by atomic mass is 16.8. The van der Waals surface area contributed by atoms with Gasteiger partial charge >= 0.3 is 11.6 Å². The first-order valence-electron chi connectivity index (χ1n) is 5.02. The van der Waals surface area contributed by atoms with E-state index in [4.69, 9.17) is 0 Å². The molecule has 0 saturated heterocycles. The molecule has 0 aromatic carbocycles. The van der Waals surface area contributed by atoms with Gasteiger partial charge in [0.05, 0.1) is 11.7 Å². The third kappa shape index (κ3) is 1.52. The van der Waals surface area contributed by atoms with Gasteiger partial charge in [-0.2, -0.15) is 0 Å². The molecule has 1 aliphatic heterocycles. The fourth-order valence-electron chi connectivity index (χ4n) is 1.80. The van der Waals surface area contributed by atoms with Gasteiger partial charge in [0.25, 0.3) is 0 Å². The van der Waals surface area contributed by atoms with Crippen LogP contribution in [0.3, 0.4) is 0 Å². The highest BCUT2D eigenvalue weighted by molar-refractivity contribution is 5.95. The van der Waals surface area contributed by atoms with Gasteiger partial charge in [-0.1, -0.05) is 6.07 Å². The molecule has 0 N–H and O–H groups in total. The summed E-state index contributed by atoms with van der Waals surface area (Å²) in [6.07, 6.45) is 3.34. The van der Waals surface area contributed by atoms with Crippen molar-refractivity contribution >= 4 is 5.91 Å². The average Bonchev–Trinajstić information content (AvgIpc) is 2.84. The third-order valence-electron chi connectivity index (χ3n) is 2.63. The molecule has 0 spiro atoms. The predicted molar refractivity (Wildman–Crippen MR) is 53.3 cm³/mol. The first-order chi connectivity index (χ1) is 8.25. The minimum absolute atomic E-state index is 0.101. The lowest BCUT2D eigenvalue weighted by molar-refractivity contribution is -0.808. The van der Waals surface area contributed by atoms with Crippen LogP contribution < -0.4 is 4.90 Å². The molecule has 0 unspecified atom stereocenters. The molecule has 7 nitrogen and oxygen atoms in total. The van der Waals surface area contributed by atoms with Crippen LogP contribution in [0.2, 0.25) is 0 Å². The van der Waals surface area contributed by atoms with Crippen molar-refractivity contribution in [3.8, 4) is 0 Å². The van der Waals surface area contributed by atoms with Gasteiger partial charge in [-0.25, -0.2) is 0 Å². The maximum atomic E-state index is 11.8. The highest BCUT2D eigenvalue weighted by Crippen LogP contribution is 2.19. The normalized spacial score (nSPS) is 14.1. The highest BCUT2D eigenvalue weighted by Gasteiger charge is 2.38. The molecule has 3 rings (SSSR count). The zero-order valence-electron chi connectivity index (χ0n) is 8.74. The van der Waals surface area contributed by atoms with Crippen LogP contribution in [-0.4, -0.2) is 20.9 Å². The summed E-state index contributed by atoms with van der Waals surface area (Å²) >= 11 is 0.